The van der Waals surface area contributed by atoms with Crippen LogP contribution in [0.1, 0.15) is 29.3 Å². The number of ketones is 1. The van der Waals surface area contributed by atoms with Crippen molar-refractivity contribution >= 4 is 5.78 Å². The number of phenolic OH excluding ortho intramolecular Hbond substituents is 1. The number of hydrogen-bond acceptors (Lipinski definition) is 3. The number of aromatic hydroxyl groups is 1. The Hall–Kier alpha value is -1.56. The van der Waals surface area contributed by atoms with E-state index >= 15 is 0 Å². The Kier molecular flexibility index (Phi) is 4.94. The van der Waals surface area contributed by atoms with Crippen molar-refractivity contribution in [2.45, 2.75) is 26.1 Å². The minimum absolute atomic E-state index is 0.0242. The average molecular weight is 275 g/mol. The molecule has 6 heteroatoms. The molecule has 1 N–H and O–H groups in total. The molecule has 0 aliphatic carbocycles. The van der Waals surface area contributed by atoms with Crippen molar-refractivity contribution in [3.8, 4) is 5.75 Å². The maximum absolute atomic E-state index is 12.1. The summed E-state index contributed by atoms with van der Waals surface area (Å²) in [6.45, 7) is 1.39. The molecule has 1 aromatic rings. The average Bonchev–Trinajstić information content (AvgIpc) is 2.28. The molecule has 0 aliphatic rings. The molecule has 1 rings (SSSR count). The van der Waals surface area contributed by atoms with E-state index in [9.17, 15) is 23.1 Å². The van der Waals surface area contributed by atoms with Gasteiger partial charge < -0.3 is 10.0 Å². The highest BCUT2D eigenvalue weighted by Crippen LogP contribution is 2.23. The van der Waals surface area contributed by atoms with Gasteiger partial charge in [0.2, 0.25) is 0 Å². The number of carbonyl (C=O) groups excluding carboxylic acids is 1. The largest absolute Gasteiger partial charge is 0.508 e. The highest BCUT2D eigenvalue weighted by Gasteiger charge is 2.27. The summed E-state index contributed by atoms with van der Waals surface area (Å²) in [6.07, 6.45) is -5.10. The van der Waals surface area contributed by atoms with Crippen molar-refractivity contribution in [2.75, 3.05) is 13.6 Å². The Morgan fingerprint density at radius 3 is 2.53 bits per heavy atom. The van der Waals surface area contributed by atoms with Crippen LogP contribution in [0.4, 0.5) is 13.2 Å². The summed E-state index contributed by atoms with van der Waals surface area (Å²) in [7, 11) is 1.53. The molecule has 106 valence electrons. The molecule has 0 aromatic heterocycles. The van der Waals surface area contributed by atoms with Crippen LogP contribution in [0, 0.1) is 0 Å². The fourth-order valence-electron chi connectivity index (χ4n) is 1.62. The Labute approximate surface area is 109 Å². The maximum atomic E-state index is 12.1. The number of halogens is 3. The quantitative estimate of drug-likeness (QED) is 0.840. The van der Waals surface area contributed by atoms with Gasteiger partial charge in [-0.3, -0.25) is 4.79 Å². The minimum Gasteiger partial charge on any atom is -0.508 e. The second-order valence-electron chi connectivity index (χ2n) is 4.50. The van der Waals surface area contributed by atoms with Gasteiger partial charge in [-0.15, -0.1) is 0 Å². The molecule has 1 aromatic carbocycles. The van der Waals surface area contributed by atoms with E-state index in [1.54, 1.807) is 0 Å². The first-order chi connectivity index (χ1) is 8.69. The molecule has 0 unspecified atom stereocenters. The topological polar surface area (TPSA) is 40.5 Å². The van der Waals surface area contributed by atoms with E-state index < -0.39 is 12.6 Å². The summed E-state index contributed by atoms with van der Waals surface area (Å²) < 4.78 is 36.2. The number of Topliss-reactive ketones (excluding diaryl/α,β-unsaturated/α-hetero) is 1. The molecule has 0 spiro atoms. The minimum atomic E-state index is -4.20. The highest BCUT2D eigenvalue weighted by molar-refractivity contribution is 5.94. The van der Waals surface area contributed by atoms with Crippen molar-refractivity contribution < 1.29 is 23.1 Å². The predicted molar refractivity (Wildman–Crippen MR) is 65.1 cm³/mol. The van der Waals surface area contributed by atoms with E-state index in [0.29, 0.717) is 11.1 Å². The van der Waals surface area contributed by atoms with Gasteiger partial charge in [0.1, 0.15) is 5.75 Å². The lowest BCUT2D eigenvalue weighted by molar-refractivity contribution is -0.137. The SMILES string of the molecule is CC(=O)c1ccc(O)c(CN(C)CCC(F)(F)F)c1. The molecule has 0 radical (unpaired) electrons. The molecule has 0 amide bonds. The Morgan fingerprint density at radius 1 is 1.37 bits per heavy atom. The summed E-state index contributed by atoms with van der Waals surface area (Å²) in [5.74, 6) is -0.178. The van der Waals surface area contributed by atoms with Crippen LogP contribution in [0.25, 0.3) is 0 Å². The van der Waals surface area contributed by atoms with Crippen molar-refractivity contribution in [3.63, 3.8) is 0 Å². The van der Waals surface area contributed by atoms with Gasteiger partial charge in [-0.1, -0.05) is 0 Å². The van der Waals surface area contributed by atoms with Gasteiger partial charge >= 0.3 is 6.18 Å². The Morgan fingerprint density at radius 2 is 2.00 bits per heavy atom. The molecule has 19 heavy (non-hydrogen) atoms. The second kappa shape index (κ2) is 6.06. The van der Waals surface area contributed by atoms with Gasteiger partial charge in [-0.25, -0.2) is 0 Å². The number of alkyl halides is 3. The fourth-order valence-corrected chi connectivity index (χ4v) is 1.62. The highest BCUT2D eigenvalue weighted by atomic mass is 19.4. The van der Waals surface area contributed by atoms with E-state index in [-0.39, 0.29) is 24.6 Å². The molecular formula is C13H16F3NO2. The number of rotatable bonds is 5. The molecule has 0 saturated heterocycles. The predicted octanol–water partition coefficient (Wildman–Crippen LogP) is 2.98. The van der Waals surface area contributed by atoms with Gasteiger partial charge in [-0.05, 0) is 32.2 Å². The first-order valence-corrected chi connectivity index (χ1v) is 5.77. The summed E-state index contributed by atoms with van der Waals surface area (Å²) in [4.78, 5) is 12.7. The molecule has 0 fully saturated rings. The third kappa shape index (κ3) is 5.30. The zero-order valence-electron chi connectivity index (χ0n) is 10.8. The van der Waals surface area contributed by atoms with E-state index in [4.69, 9.17) is 0 Å². The van der Waals surface area contributed by atoms with Crippen LogP contribution in [-0.4, -0.2) is 35.6 Å². The molecule has 0 heterocycles. The Bertz CT molecular complexity index is 458. The van der Waals surface area contributed by atoms with E-state index in [1.807, 2.05) is 0 Å². The van der Waals surface area contributed by atoms with E-state index in [0.717, 1.165) is 0 Å². The van der Waals surface area contributed by atoms with Crippen LogP contribution in [0.15, 0.2) is 18.2 Å². The zero-order chi connectivity index (χ0) is 14.6. The molecule has 0 aliphatic heterocycles. The van der Waals surface area contributed by atoms with Gasteiger partial charge in [0.05, 0.1) is 6.42 Å². The molecule has 0 saturated carbocycles. The molecule has 0 atom stereocenters. The summed E-state index contributed by atoms with van der Waals surface area (Å²) in [5.41, 5.74) is 0.870. The normalized spacial score (nSPS) is 11.9. The van der Waals surface area contributed by atoms with Crippen LogP contribution in [0.3, 0.4) is 0 Å². The third-order valence-electron chi connectivity index (χ3n) is 2.70. The second-order valence-corrected chi connectivity index (χ2v) is 4.50. The van der Waals surface area contributed by atoms with E-state index in [2.05, 4.69) is 0 Å². The summed E-state index contributed by atoms with van der Waals surface area (Å²) in [6, 6.07) is 4.36. The number of carbonyl (C=O) groups is 1. The van der Waals surface area contributed by atoms with Crippen molar-refractivity contribution in [3.05, 3.63) is 29.3 Å². The first-order valence-electron chi connectivity index (χ1n) is 5.77. The van der Waals surface area contributed by atoms with Crippen LogP contribution in [-0.2, 0) is 6.54 Å². The first kappa shape index (κ1) is 15.5. The molecule has 0 bridgehead atoms. The fraction of sp³-hybridized carbons (Fsp3) is 0.462. The number of nitrogens with zero attached hydrogens (tertiary/aromatic N) is 1. The third-order valence-corrected chi connectivity index (χ3v) is 2.70. The van der Waals surface area contributed by atoms with Crippen LogP contribution < -0.4 is 0 Å². The number of benzene rings is 1. The number of hydrogen-bond donors (Lipinski definition) is 1. The van der Waals surface area contributed by atoms with Gasteiger partial charge in [0.25, 0.3) is 0 Å². The van der Waals surface area contributed by atoms with Gasteiger partial charge in [-0.2, -0.15) is 13.2 Å². The van der Waals surface area contributed by atoms with E-state index in [1.165, 1.54) is 37.1 Å². The summed E-state index contributed by atoms with van der Waals surface area (Å²) >= 11 is 0. The monoisotopic (exact) mass is 275 g/mol. The van der Waals surface area contributed by atoms with Gasteiger partial charge in [0.15, 0.2) is 5.78 Å². The Balaban J connectivity index is 2.70. The van der Waals surface area contributed by atoms with Crippen molar-refractivity contribution in [1.29, 1.82) is 0 Å². The molecule has 3 nitrogen and oxygen atoms in total. The van der Waals surface area contributed by atoms with Crippen LogP contribution >= 0.6 is 0 Å². The van der Waals surface area contributed by atoms with Gasteiger partial charge in [0, 0.05) is 24.2 Å². The lowest BCUT2D eigenvalue weighted by atomic mass is 10.1. The van der Waals surface area contributed by atoms with Crippen molar-refractivity contribution in [1.82, 2.24) is 4.90 Å². The standard InChI is InChI=1S/C13H16F3NO2/c1-9(18)10-3-4-12(19)11(7-10)8-17(2)6-5-13(14,15)16/h3-4,7,19H,5-6,8H2,1-2H3. The zero-order valence-corrected chi connectivity index (χ0v) is 10.8. The van der Waals surface area contributed by atoms with Crippen LogP contribution in [0.5, 0.6) is 5.75 Å². The summed E-state index contributed by atoms with van der Waals surface area (Å²) in [5, 5.41) is 9.63. The van der Waals surface area contributed by atoms with Crippen LogP contribution in [0.2, 0.25) is 0 Å². The lowest BCUT2D eigenvalue weighted by Gasteiger charge is -2.18. The maximum Gasteiger partial charge on any atom is 0.390 e. The smallest absolute Gasteiger partial charge is 0.390 e. The lowest BCUT2D eigenvalue weighted by Crippen LogP contribution is -2.24. The molecular weight excluding hydrogens is 259 g/mol. The van der Waals surface area contributed by atoms with Crippen molar-refractivity contribution in [2.24, 2.45) is 0 Å². The number of phenols is 1.